The van der Waals surface area contributed by atoms with E-state index in [1.807, 2.05) is 131 Å². The van der Waals surface area contributed by atoms with Gasteiger partial charge in [-0.25, -0.2) is 4.98 Å². The topological polar surface area (TPSA) is 192 Å². The van der Waals surface area contributed by atoms with Gasteiger partial charge in [-0.15, -0.1) is 32.9 Å². The van der Waals surface area contributed by atoms with Crippen molar-refractivity contribution in [3.63, 3.8) is 0 Å². The van der Waals surface area contributed by atoms with Gasteiger partial charge >= 0.3 is 5.97 Å². The zero-order valence-electron chi connectivity index (χ0n) is 38.2. The fraction of sp³-hybridized carbons (Fsp3) is 0.360. The Morgan fingerprint density at radius 1 is 0.894 bits per heavy atom. The lowest BCUT2D eigenvalue weighted by molar-refractivity contribution is -0.144. The molecule has 14 nitrogen and oxygen atoms in total. The summed E-state index contributed by atoms with van der Waals surface area (Å²) in [5.74, 6) is -0.976. The van der Waals surface area contributed by atoms with Crippen molar-refractivity contribution >= 4 is 52.1 Å². The zero-order chi connectivity index (χ0) is 47.2. The Kier molecular flexibility index (Phi) is 12.9. The normalized spacial score (nSPS) is 17.9. The third-order valence-electron chi connectivity index (χ3n) is 12.5. The molecule has 0 spiro atoms. The van der Waals surface area contributed by atoms with Gasteiger partial charge in [0.25, 0.3) is 0 Å². The number of carboxylic acids is 1. The number of rotatable bonds is 12. The molecular weight excluding hydrogens is 873 g/mol. The molecule has 0 saturated carbocycles. The molecule has 342 valence electrons. The molecule has 4 N–H and O–H groups in total. The predicted octanol–water partition coefficient (Wildman–Crippen LogP) is 7.63. The number of fused-ring (bicyclic) bond motifs is 3. The first-order valence-corrected chi connectivity index (χ1v) is 23.7. The van der Waals surface area contributed by atoms with E-state index in [-0.39, 0.29) is 43.7 Å². The largest absolute Gasteiger partial charge is 0.481 e. The molecule has 16 heteroatoms. The van der Waals surface area contributed by atoms with Crippen molar-refractivity contribution < 1.29 is 29.4 Å². The van der Waals surface area contributed by atoms with Gasteiger partial charge in [0.2, 0.25) is 17.7 Å². The Morgan fingerprint density at radius 2 is 1.59 bits per heavy atom. The number of carboxylic acid groups (broad SMARTS) is 1. The number of benzene rings is 3. The number of hydrogen-bond donors (Lipinski definition) is 4. The third-order valence-corrected chi connectivity index (χ3v) is 14.6. The SMILES string of the molecule is Cc1ncsc1-c1ccc([C@H](C)NC(=O)[C@@H]2C[C@@H](O)CN2C(=O)[C@@H](NC(=O)Cc2cccc(-c3ccc(C4=N[C@@H](CC(=O)O)c5nnc(C)n5-c5sc(C)c(C)c54)cc3)c2)C(C)(C)C)cc1. The number of aryl methyl sites for hydroxylation is 3. The van der Waals surface area contributed by atoms with Crippen LogP contribution in [0.25, 0.3) is 26.6 Å². The van der Waals surface area contributed by atoms with Gasteiger partial charge in [-0.2, -0.15) is 0 Å². The van der Waals surface area contributed by atoms with Crippen molar-refractivity contribution in [1.29, 1.82) is 0 Å². The second-order valence-corrected chi connectivity index (χ2v) is 20.4. The second kappa shape index (κ2) is 18.5. The van der Waals surface area contributed by atoms with E-state index in [0.29, 0.717) is 17.4 Å². The minimum atomic E-state index is -0.982. The number of nitrogens with one attached hydrogen (secondary N) is 2. The zero-order valence-corrected chi connectivity index (χ0v) is 39.9. The number of aliphatic hydroxyl groups is 1. The third kappa shape index (κ3) is 9.35. The van der Waals surface area contributed by atoms with Crippen LogP contribution in [0.1, 0.15) is 103 Å². The number of hydrogen-bond acceptors (Lipinski definition) is 11. The molecule has 3 amide bonds. The van der Waals surface area contributed by atoms with Gasteiger partial charge in [0, 0.05) is 29.0 Å². The smallest absolute Gasteiger partial charge is 0.306 e. The van der Waals surface area contributed by atoms with Crippen LogP contribution in [-0.2, 0) is 25.6 Å². The number of thiophene rings is 1. The summed E-state index contributed by atoms with van der Waals surface area (Å²) in [6.07, 6.45) is -1.04. The van der Waals surface area contributed by atoms with Crippen molar-refractivity contribution in [2.24, 2.45) is 10.4 Å². The van der Waals surface area contributed by atoms with E-state index in [1.165, 1.54) is 4.90 Å². The Hall–Kier alpha value is -6.36. The van der Waals surface area contributed by atoms with Crippen molar-refractivity contribution in [3.05, 3.63) is 128 Å². The van der Waals surface area contributed by atoms with Crippen LogP contribution in [0.2, 0.25) is 0 Å². The molecule has 0 bridgehead atoms. The summed E-state index contributed by atoms with van der Waals surface area (Å²) in [5, 5.41) is 36.2. The molecule has 1 fully saturated rings. The van der Waals surface area contributed by atoms with E-state index >= 15 is 0 Å². The molecule has 6 aromatic rings. The molecule has 0 radical (unpaired) electrons. The van der Waals surface area contributed by atoms with Crippen LogP contribution < -0.4 is 10.6 Å². The number of aliphatic hydroxyl groups excluding tert-OH is 1. The number of amides is 3. The summed E-state index contributed by atoms with van der Waals surface area (Å²) >= 11 is 3.18. The molecular formula is C50H54N8O6S2. The van der Waals surface area contributed by atoms with Crippen molar-refractivity contribution in [2.75, 3.05) is 6.54 Å². The highest BCUT2D eigenvalue weighted by Gasteiger charge is 2.45. The number of carbonyl (C=O) groups excluding carboxylic acids is 3. The first-order valence-electron chi connectivity index (χ1n) is 22.0. The summed E-state index contributed by atoms with van der Waals surface area (Å²) in [4.78, 5) is 67.0. The van der Waals surface area contributed by atoms with Crippen molar-refractivity contribution in [2.45, 2.75) is 105 Å². The maximum Gasteiger partial charge on any atom is 0.306 e. The lowest BCUT2D eigenvalue weighted by Gasteiger charge is -2.35. The Bertz CT molecular complexity index is 2860. The molecule has 1 saturated heterocycles. The van der Waals surface area contributed by atoms with Crippen LogP contribution >= 0.6 is 22.7 Å². The summed E-state index contributed by atoms with van der Waals surface area (Å²) in [5.41, 5.74) is 10.0. The number of aromatic nitrogens is 4. The molecule has 0 aliphatic carbocycles. The highest BCUT2D eigenvalue weighted by molar-refractivity contribution is 7.15. The van der Waals surface area contributed by atoms with Gasteiger partial charge in [-0.3, -0.25) is 28.7 Å². The van der Waals surface area contributed by atoms with E-state index < -0.39 is 41.5 Å². The number of aliphatic carboxylic acids is 1. The maximum absolute atomic E-state index is 14.4. The standard InChI is InChI=1S/C50H54N8O6S2/c1-26-29(4)66-49-42(26)43(53-38(23-41(61)62)46-56-55-30(5)58(46)49)34-16-14-33(15-17-34)36-11-9-10-31(20-36)21-40(60)54-45(50(6,7)8)48(64)57-24-37(59)22-39(57)47(63)52-27(2)32-12-18-35(19-13-32)44-28(3)51-25-65-44/h9-20,25,27,37-39,45,59H,21-24H2,1-8H3,(H,52,63)(H,54,60)(H,61,62)/t27-,37+,38-,39-,45+/m0/s1. The van der Waals surface area contributed by atoms with Gasteiger partial charge in [0.15, 0.2) is 5.82 Å². The van der Waals surface area contributed by atoms with Crippen LogP contribution in [0.3, 0.4) is 0 Å². The van der Waals surface area contributed by atoms with Crippen LogP contribution in [-0.4, -0.2) is 89.0 Å². The van der Waals surface area contributed by atoms with Crippen LogP contribution in [0.4, 0.5) is 0 Å². The Labute approximate surface area is 391 Å². The molecule has 5 atom stereocenters. The van der Waals surface area contributed by atoms with Crippen LogP contribution in [0.5, 0.6) is 0 Å². The summed E-state index contributed by atoms with van der Waals surface area (Å²) in [6.45, 7) is 15.4. The lowest BCUT2D eigenvalue weighted by atomic mass is 9.85. The number of β-amino-alcohol motifs (C(OH)–C–C–N with tert-alkyl or cyclic N) is 1. The molecule has 2 aliphatic rings. The number of thiazole rings is 1. The average Bonchev–Trinajstić information content (AvgIpc) is 4.04. The van der Waals surface area contributed by atoms with Gasteiger partial charge in [-0.1, -0.05) is 93.6 Å². The summed E-state index contributed by atoms with van der Waals surface area (Å²) in [6, 6.07) is 20.6. The minimum absolute atomic E-state index is 0.00162. The molecule has 5 heterocycles. The van der Waals surface area contributed by atoms with Gasteiger partial charge < -0.3 is 25.7 Å². The molecule has 0 unspecified atom stereocenters. The first kappa shape index (κ1) is 46.2. The van der Waals surface area contributed by atoms with Gasteiger partial charge in [0.1, 0.15) is 29.0 Å². The maximum atomic E-state index is 14.4. The van der Waals surface area contributed by atoms with Crippen LogP contribution in [0.15, 0.2) is 83.3 Å². The highest BCUT2D eigenvalue weighted by atomic mass is 32.1. The number of aliphatic imine (C=N–C) groups is 1. The highest BCUT2D eigenvalue weighted by Crippen LogP contribution is 2.40. The molecule has 8 rings (SSSR count). The average molecular weight is 927 g/mol. The lowest BCUT2D eigenvalue weighted by Crippen LogP contribution is -2.58. The van der Waals surface area contributed by atoms with Crippen molar-refractivity contribution in [3.8, 4) is 26.6 Å². The number of carbonyl (C=O) groups is 4. The Morgan fingerprint density at radius 3 is 2.26 bits per heavy atom. The van der Waals surface area contributed by atoms with E-state index in [4.69, 9.17) is 4.99 Å². The van der Waals surface area contributed by atoms with Gasteiger partial charge in [-0.05, 0) is 73.4 Å². The Balaban J connectivity index is 0.957. The van der Waals surface area contributed by atoms with Crippen molar-refractivity contribution in [1.82, 2.24) is 35.3 Å². The minimum Gasteiger partial charge on any atom is -0.481 e. The summed E-state index contributed by atoms with van der Waals surface area (Å²) in [7, 11) is 0. The van der Waals surface area contributed by atoms with E-state index in [2.05, 4.69) is 32.7 Å². The monoisotopic (exact) mass is 926 g/mol. The van der Waals surface area contributed by atoms with Crippen LogP contribution in [0, 0.1) is 33.1 Å². The molecule has 3 aromatic carbocycles. The number of nitrogens with zero attached hydrogens (tertiary/aromatic N) is 6. The molecule has 2 aliphatic heterocycles. The first-order chi connectivity index (χ1) is 31.4. The van der Waals surface area contributed by atoms with Gasteiger partial charge in [0.05, 0.1) is 46.8 Å². The fourth-order valence-electron chi connectivity index (χ4n) is 8.78. The van der Waals surface area contributed by atoms with E-state index in [0.717, 1.165) is 65.0 Å². The molecule has 66 heavy (non-hydrogen) atoms. The fourth-order valence-corrected chi connectivity index (χ4v) is 10.8. The van der Waals surface area contributed by atoms with E-state index in [9.17, 15) is 29.4 Å². The van der Waals surface area contributed by atoms with E-state index in [1.54, 1.807) is 22.7 Å². The summed E-state index contributed by atoms with van der Waals surface area (Å²) < 4.78 is 1.93. The number of likely N-dealkylation sites (tertiary alicyclic amines) is 1. The molecule has 3 aromatic heterocycles. The second-order valence-electron chi connectivity index (χ2n) is 18.3. The predicted molar refractivity (Wildman–Crippen MR) is 256 cm³/mol. The quantitative estimate of drug-likeness (QED) is 0.0956.